The van der Waals surface area contributed by atoms with Gasteiger partial charge in [-0.15, -0.1) is 0 Å². The van der Waals surface area contributed by atoms with Crippen molar-refractivity contribution in [3.05, 3.63) is 22.7 Å². The van der Waals surface area contributed by atoms with Crippen LogP contribution in [0.1, 0.15) is 6.23 Å². The Morgan fingerprint density at radius 2 is 2.37 bits per heavy atom. The van der Waals surface area contributed by atoms with Crippen molar-refractivity contribution in [1.82, 2.24) is 9.55 Å². The molecular weight excluding hydrogens is 285 g/mol. The summed E-state index contributed by atoms with van der Waals surface area (Å²) in [6, 6.07) is 1.18. The van der Waals surface area contributed by atoms with E-state index < -0.39 is 35.9 Å². The predicted molar refractivity (Wildman–Crippen MR) is 60.6 cm³/mol. The van der Waals surface area contributed by atoms with Gasteiger partial charge in [-0.3, -0.25) is 15.3 Å². The van der Waals surface area contributed by atoms with Gasteiger partial charge in [-0.05, 0) is 6.07 Å². The minimum absolute atomic E-state index is 0.141. The second-order valence-electron chi connectivity index (χ2n) is 3.94. The van der Waals surface area contributed by atoms with Crippen molar-refractivity contribution in [3.8, 4) is 0 Å². The van der Waals surface area contributed by atoms with Crippen LogP contribution in [-0.2, 0) is 4.74 Å². The zero-order chi connectivity index (χ0) is 14.2. The molecule has 1 aliphatic rings. The molecule has 4 N–H and O–H groups in total. The number of alkyl halides is 2. The Morgan fingerprint density at radius 3 is 2.84 bits per heavy atom. The lowest BCUT2D eigenvalue weighted by Gasteiger charge is -2.22. The minimum Gasteiger partial charge on any atom is -0.394 e. The van der Waals surface area contributed by atoms with E-state index in [1.54, 1.807) is 5.48 Å². The van der Waals surface area contributed by atoms with Gasteiger partial charge in [0.25, 0.3) is 5.13 Å². The number of ether oxygens (including phenoxy) is 1. The number of hydrogen-bond acceptors (Lipinski definition) is 7. The minimum atomic E-state index is -2.78. The van der Waals surface area contributed by atoms with Crippen LogP contribution in [0.5, 0.6) is 0 Å². The maximum atomic E-state index is 14.2. The average Bonchev–Trinajstić information content (AvgIpc) is 2.61. The average molecular weight is 296 g/mol. The van der Waals surface area contributed by atoms with E-state index in [2.05, 4.69) is 4.98 Å². The Morgan fingerprint density at radius 1 is 1.68 bits per heavy atom. The van der Waals surface area contributed by atoms with Gasteiger partial charge in [0.2, 0.25) is 0 Å². The molecule has 1 aliphatic heterocycles. The highest BCUT2D eigenvalue weighted by Crippen LogP contribution is 2.43. The summed E-state index contributed by atoms with van der Waals surface area (Å²) in [4.78, 5) is 15.0. The van der Waals surface area contributed by atoms with Crippen molar-refractivity contribution >= 4 is 17.4 Å². The molecule has 19 heavy (non-hydrogen) atoms. The van der Waals surface area contributed by atoms with E-state index in [9.17, 15) is 14.3 Å². The van der Waals surface area contributed by atoms with Gasteiger partial charge in [0, 0.05) is 6.20 Å². The van der Waals surface area contributed by atoms with E-state index in [1.807, 2.05) is 0 Å². The monoisotopic (exact) mass is 295 g/mol. The van der Waals surface area contributed by atoms with Gasteiger partial charge >= 0.3 is 5.69 Å². The first-order valence-corrected chi connectivity index (χ1v) is 5.61. The Bertz CT molecular complexity index is 525. The maximum Gasteiger partial charge on any atom is 0.351 e. The van der Waals surface area contributed by atoms with Gasteiger partial charge in [0.05, 0.1) is 6.61 Å². The molecule has 0 radical (unpaired) electrons. The number of halogens is 2. The summed E-state index contributed by atoms with van der Waals surface area (Å²) in [5, 5.41) is 24.3. The molecule has 0 bridgehead atoms. The van der Waals surface area contributed by atoms with Crippen molar-refractivity contribution < 1.29 is 24.5 Å². The standard InChI is InChI=1S/C9H11ClFN3O5/c10-9(11)6(16)4(3-15)19-7(9)14-2-1-5(13-18)12-8(14)17/h1-2,4,6-7,15-16,18H,3H2,(H,12,13,17)/t4-,6?,7-,9-/m1/s1. The Hall–Kier alpha value is -1.26. The fourth-order valence-corrected chi connectivity index (χ4v) is 2.07. The van der Waals surface area contributed by atoms with Crippen molar-refractivity contribution in [2.45, 2.75) is 23.6 Å². The summed E-state index contributed by atoms with van der Waals surface area (Å²) in [7, 11) is 0. The highest BCUT2D eigenvalue weighted by Gasteiger charge is 2.57. The first-order chi connectivity index (χ1) is 8.91. The van der Waals surface area contributed by atoms with E-state index >= 15 is 0 Å². The van der Waals surface area contributed by atoms with Crippen LogP contribution in [0.4, 0.5) is 10.2 Å². The molecule has 0 spiro atoms. The molecule has 8 nitrogen and oxygen atoms in total. The van der Waals surface area contributed by atoms with E-state index in [0.29, 0.717) is 4.57 Å². The smallest absolute Gasteiger partial charge is 0.351 e. The number of nitrogens with one attached hydrogen (secondary N) is 1. The molecule has 0 aliphatic carbocycles. The van der Waals surface area contributed by atoms with E-state index in [-0.39, 0.29) is 5.82 Å². The summed E-state index contributed by atoms with van der Waals surface area (Å²) in [5.41, 5.74) is 0.707. The number of aromatic nitrogens is 2. The molecule has 1 aromatic heterocycles. The lowest BCUT2D eigenvalue weighted by Crippen LogP contribution is -2.41. The molecule has 4 atom stereocenters. The van der Waals surface area contributed by atoms with Crippen LogP contribution in [0, 0.1) is 0 Å². The van der Waals surface area contributed by atoms with Crippen molar-refractivity contribution in [3.63, 3.8) is 0 Å². The van der Waals surface area contributed by atoms with E-state index in [0.717, 1.165) is 6.20 Å². The third-order valence-electron chi connectivity index (χ3n) is 2.76. The lowest BCUT2D eigenvalue weighted by atomic mass is 10.1. The fraction of sp³-hybridized carbons (Fsp3) is 0.556. The lowest BCUT2D eigenvalue weighted by molar-refractivity contribution is -0.0517. The number of anilines is 1. The van der Waals surface area contributed by atoms with Crippen LogP contribution in [0.25, 0.3) is 0 Å². The van der Waals surface area contributed by atoms with Gasteiger partial charge in [0.15, 0.2) is 12.0 Å². The molecule has 1 unspecified atom stereocenters. The zero-order valence-corrected chi connectivity index (χ0v) is 10.2. The first kappa shape index (κ1) is 14.2. The molecule has 10 heteroatoms. The van der Waals surface area contributed by atoms with Crippen molar-refractivity contribution in [2.24, 2.45) is 0 Å². The Labute approximate surface area is 111 Å². The third kappa shape index (κ3) is 2.30. The summed E-state index contributed by atoms with van der Waals surface area (Å²) >= 11 is 5.53. The Balaban J connectivity index is 2.39. The fourth-order valence-electron chi connectivity index (χ4n) is 1.77. The summed E-state index contributed by atoms with van der Waals surface area (Å²) < 4.78 is 19.9. The van der Waals surface area contributed by atoms with Crippen molar-refractivity contribution in [1.29, 1.82) is 0 Å². The molecule has 1 fully saturated rings. The number of aliphatic hydroxyl groups is 2. The summed E-state index contributed by atoms with van der Waals surface area (Å²) in [5.74, 6) is -0.141. The highest BCUT2D eigenvalue weighted by atomic mass is 35.5. The Kier molecular flexibility index (Phi) is 3.74. The van der Waals surface area contributed by atoms with Crippen LogP contribution in [0.15, 0.2) is 17.1 Å². The number of aliphatic hydroxyl groups excluding tert-OH is 2. The molecule has 0 aromatic carbocycles. The van der Waals surface area contributed by atoms with Crippen LogP contribution in [0.2, 0.25) is 0 Å². The highest BCUT2D eigenvalue weighted by molar-refractivity contribution is 6.23. The normalized spacial score (nSPS) is 34.5. The molecule has 2 heterocycles. The molecule has 0 saturated carbocycles. The predicted octanol–water partition coefficient (Wildman–Crippen LogP) is -0.800. The van der Waals surface area contributed by atoms with Crippen LogP contribution in [0.3, 0.4) is 0 Å². The maximum absolute atomic E-state index is 14.2. The second kappa shape index (κ2) is 5.02. The van der Waals surface area contributed by atoms with Gasteiger partial charge < -0.3 is 14.9 Å². The molecule has 1 aromatic rings. The summed E-state index contributed by atoms with van der Waals surface area (Å²) in [6.07, 6.45) is -3.61. The van der Waals surface area contributed by atoms with Crippen LogP contribution in [-0.4, -0.2) is 48.9 Å². The van der Waals surface area contributed by atoms with Gasteiger partial charge in [-0.1, -0.05) is 11.6 Å². The largest absolute Gasteiger partial charge is 0.394 e. The van der Waals surface area contributed by atoms with Crippen LogP contribution >= 0.6 is 11.6 Å². The molecule has 1 saturated heterocycles. The van der Waals surface area contributed by atoms with E-state index in [4.69, 9.17) is 26.7 Å². The second-order valence-corrected chi connectivity index (χ2v) is 4.52. The zero-order valence-electron chi connectivity index (χ0n) is 9.40. The molecule has 2 rings (SSSR count). The number of rotatable bonds is 3. The van der Waals surface area contributed by atoms with E-state index in [1.165, 1.54) is 6.07 Å². The number of hydrogen-bond donors (Lipinski definition) is 4. The van der Waals surface area contributed by atoms with Gasteiger partial charge in [-0.2, -0.15) is 4.98 Å². The van der Waals surface area contributed by atoms with Crippen LogP contribution < -0.4 is 11.2 Å². The molecule has 106 valence electrons. The van der Waals surface area contributed by atoms with Gasteiger partial charge in [-0.25, -0.2) is 9.18 Å². The quantitative estimate of drug-likeness (QED) is 0.426. The summed E-state index contributed by atoms with van der Waals surface area (Å²) in [6.45, 7) is -0.658. The molecule has 0 amide bonds. The van der Waals surface area contributed by atoms with Gasteiger partial charge in [0.1, 0.15) is 12.2 Å². The topological polar surface area (TPSA) is 117 Å². The first-order valence-electron chi connectivity index (χ1n) is 5.23. The molecular formula is C9H11ClFN3O5. The number of nitrogens with zero attached hydrogens (tertiary/aromatic N) is 2. The third-order valence-corrected chi connectivity index (χ3v) is 3.17. The van der Waals surface area contributed by atoms with Crippen molar-refractivity contribution in [2.75, 3.05) is 12.1 Å². The SMILES string of the molecule is O=c1nc(NO)ccn1[C@@H]1O[C@H](CO)C(O)[C@]1(F)Cl.